The standard InChI is InChI=1S/C12H26N2O4S/c1-9(2)5-11(6-12(15)16)8-14-19(17,18)13-7-10(3)4/h9-11,13-14H,5-8H2,1-4H3,(H,15,16)/t11-/m0/s1. The summed E-state index contributed by atoms with van der Waals surface area (Å²) in [5.74, 6) is -0.535. The lowest BCUT2D eigenvalue weighted by Crippen LogP contribution is -2.41. The second kappa shape index (κ2) is 8.50. The van der Waals surface area contributed by atoms with E-state index in [1.54, 1.807) is 0 Å². The zero-order valence-corrected chi connectivity index (χ0v) is 13.0. The van der Waals surface area contributed by atoms with Crippen molar-refractivity contribution in [1.29, 1.82) is 0 Å². The zero-order chi connectivity index (χ0) is 15.1. The monoisotopic (exact) mass is 294 g/mol. The molecule has 7 heteroatoms. The van der Waals surface area contributed by atoms with Gasteiger partial charge in [-0.05, 0) is 24.2 Å². The molecule has 114 valence electrons. The first-order chi connectivity index (χ1) is 8.62. The van der Waals surface area contributed by atoms with Gasteiger partial charge in [-0.25, -0.2) is 9.44 Å². The molecule has 0 saturated carbocycles. The number of hydrogen-bond acceptors (Lipinski definition) is 3. The van der Waals surface area contributed by atoms with E-state index in [-0.39, 0.29) is 24.8 Å². The van der Waals surface area contributed by atoms with Crippen LogP contribution < -0.4 is 9.44 Å². The largest absolute Gasteiger partial charge is 0.481 e. The summed E-state index contributed by atoms with van der Waals surface area (Å²) >= 11 is 0. The average Bonchev–Trinajstić information content (AvgIpc) is 2.22. The first-order valence-corrected chi connectivity index (χ1v) is 8.06. The Morgan fingerprint density at radius 3 is 2.00 bits per heavy atom. The average molecular weight is 294 g/mol. The van der Waals surface area contributed by atoms with E-state index in [9.17, 15) is 13.2 Å². The SMILES string of the molecule is CC(C)CNS(=O)(=O)NC[C@H](CC(=O)O)CC(C)C. The molecule has 1 atom stereocenters. The molecular formula is C12H26N2O4S. The summed E-state index contributed by atoms with van der Waals surface area (Å²) in [6.45, 7) is 8.31. The molecule has 0 bridgehead atoms. The predicted octanol–water partition coefficient (Wildman–Crippen LogP) is 1.20. The van der Waals surface area contributed by atoms with Gasteiger partial charge in [-0.3, -0.25) is 4.79 Å². The number of carboxylic acids is 1. The summed E-state index contributed by atoms with van der Waals surface area (Å²) in [6.07, 6.45) is 0.657. The van der Waals surface area contributed by atoms with Crippen LogP contribution in [0.15, 0.2) is 0 Å². The molecule has 0 amide bonds. The normalized spacial score (nSPS) is 14.0. The Morgan fingerprint density at radius 2 is 1.58 bits per heavy atom. The van der Waals surface area contributed by atoms with Gasteiger partial charge in [0.2, 0.25) is 0 Å². The molecular weight excluding hydrogens is 268 g/mol. The van der Waals surface area contributed by atoms with Crippen molar-refractivity contribution >= 4 is 16.2 Å². The van der Waals surface area contributed by atoms with E-state index < -0.39 is 16.2 Å². The molecule has 0 radical (unpaired) electrons. The molecule has 0 fully saturated rings. The number of aliphatic carboxylic acids is 1. The summed E-state index contributed by atoms with van der Waals surface area (Å²) < 4.78 is 28.1. The number of carbonyl (C=O) groups is 1. The highest BCUT2D eigenvalue weighted by Crippen LogP contribution is 2.14. The summed E-state index contributed by atoms with van der Waals surface area (Å²) in [5.41, 5.74) is 0. The molecule has 0 spiro atoms. The van der Waals surface area contributed by atoms with Crippen LogP contribution in [0, 0.1) is 17.8 Å². The second-order valence-corrected chi connectivity index (χ2v) is 7.27. The van der Waals surface area contributed by atoms with Crippen molar-refractivity contribution in [3.63, 3.8) is 0 Å². The fraction of sp³-hybridized carbons (Fsp3) is 0.917. The Bertz CT molecular complexity index is 366. The summed E-state index contributed by atoms with van der Waals surface area (Å²) in [4.78, 5) is 10.7. The minimum atomic E-state index is -3.54. The highest BCUT2D eigenvalue weighted by Gasteiger charge is 2.18. The third kappa shape index (κ3) is 10.9. The van der Waals surface area contributed by atoms with Gasteiger partial charge in [-0.15, -0.1) is 0 Å². The fourth-order valence-corrected chi connectivity index (χ4v) is 2.82. The third-order valence-corrected chi connectivity index (χ3v) is 3.61. The predicted molar refractivity (Wildman–Crippen MR) is 75.0 cm³/mol. The maximum Gasteiger partial charge on any atom is 0.303 e. The summed E-state index contributed by atoms with van der Waals surface area (Å²) in [6, 6.07) is 0. The summed E-state index contributed by atoms with van der Waals surface area (Å²) in [5, 5.41) is 8.81. The molecule has 0 aromatic rings. The molecule has 0 aliphatic heterocycles. The van der Waals surface area contributed by atoms with Crippen LogP contribution in [-0.2, 0) is 15.0 Å². The van der Waals surface area contributed by atoms with Crippen molar-refractivity contribution in [3.8, 4) is 0 Å². The fourth-order valence-electron chi connectivity index (χ4n) is 1.71. The van der Waals surface area contributed by atoms with E-state index in [0.29, 0.717) is 18.9 Å². The van der Waals surface area contributed by atoms with Crippen molar-refractivity contribution in [3.05, 3.63) is 0 Å². The molecule has 0 unspecified atom stereocenters. The molecule has 0 rings (SSSR count). The van der Waals surface area contributed by atoms with Crippen molar-refractivity contribution in [2.75, 3.05) is 13.1 Å². The Kier molecular flexibility index (Phi) is 8.20. The van der Waals surface area contributed by atoms with Crippen LogP contribution in [0.5, 0.6) is 0 Å². The van der Waals surface area contributed by atoms with Crippen molar-refractivity contribution < 1.29 is 18.3 Å². The van der Waals surface area contributed by atoms with Crippen LogP contribution in [0.1, 0.15) is 40.5 Å². The Morgan fingerprint density at radius 1 is 1.05 bits per heavy atom. The van der Waals surface area contributed by atoms with E-state index in [1.165, 1.54) is 0 Å². The highest BCUT2D eigenvalue weighted by molar-refractivity contribution is 7.87. The van der Waals surface area contributed by atoms with Crippen molar-refractivity contribution in [1.82, 2.24) is 9.44 Å². The maximum atomic E-state index is 11.6. The minimum absolute atomic E-state index is 0.0229. The minimum Gasteiger partial charge on any atom is -0.481 e. The lowest BCUT2D eigenvalue weighted by Gasteiger charge is -2.18. The molecule has 0 aromatic heterocycles. The van der Waals surface area contributed by atoms with Crippen LogP contribution in [0.4, 0.5) is 0 Å². The quantitative estimate of drug-likeness (QED) is 0.564. The molecule has 0 saturated heterocycles. The van der Waals surface area contributed by atoms with E-state index in [2.05, 4.69) is 9.44 Å². The van der Waals surface area contributed by atoms with Gasteiger partial charge < -0.3 is 5.11 Å². The van der Waals surface area contributed by atoms with E-state index in [0.717, 1.165) is 0 Å². The van der Waals surface area contributed by atoms with Crippen LogP contribution in [0.2, 0.25) is 0 Å². The van der Waals surface area contributed by atoms with Crippen LogP contribution in [0.25, 0.3) is 0 Å². The van der Waals surface area contributed by atoms with Gasteiger partial charge in [0.1, 0.15) is 0 Å². The Labute approximate surface area is 116 Å². The second-order valence-electron chi connectivity index (χ2n) is 5.69. The number of carboxylic acid groups (broad SMARTS) is 1. The highest BCUT2D eigenvalue weighted by atomic mass is 32.2. The Hall–Kier alpha value is -0.660. The van der Waals surface area contributed by atoms with E-state index in [4.69, 9.17) is 5.11 Å². The van der Waals surface area contributed by atoms with Gasteiger partial charge in [0.05, 0.1) is 0 Å². The van der Waals surface area contributed by atoms with Crippen LogP contribution in [-0.4, -0.2) is 32.6 Å². The molecule has 0 aromatic carbocycles. The van der Waals surface area contributed by atoms with Crippen LogP contribution in [0.3, 0.4) is 0 Å². The smallest absolute Gasteiger partial charge is 0.303 e. The van der Waals surface area contributed by atoms with Crippen molar-refractivity contribution in [2.24, 2.45) is 17.8 Å². The first kappa shape index (κ1) is 18.3. The van der Waals surface area contributed by atoms with E-state index in [1.807, 2.05) is 27.7 Å². The lowest BCUT2D eigenvalue weighted by molar-refractivity contribution is -0.138. The molecule has 19 heavy (non-hydrogen) atoms. The van der Waals surface area contributed by atoms with Gasteiger partial charge in [-0.1, -0.05) is 27.7 Å². The topological polar surface area (TPSA) is 95.5 Å². The molecule has 0 heterocycles. The molecule has 0 aliphatic carbocycles. The van der Waals surface area contributed by atoms with Gasteiger partial charge in [-0.2, -0.15) is 8.42 Å². The van der Waals surface area contributed by atoms with Crippen LogP contribution >= 0.6 is 0 Å². The molecule has 3 N–H and O–H groups in total. The summed E-state index contributed by atoms with van der Waals surface area (Å²) in [7, 11) is -3.54. The first-order valence-electron chi connectivity index (χ1n) is 6.58. The Balaban J connectivity index is 4.32. The van der Waals surface area contributed by atoms with Gasteiger partial charge >= 0.3 is 5.97 Å². The molecule has 0 aliphatic rings. The van der Waals surface area contributed by atoms with Gasteiger partial charge in [0.25, 0.3) is 10.2 Å². The zero-order valence-electron chi connectivity index (χ0n) is 12.1. The van der Waals surface area contributed by atoms with Gasteiger partial charge in [0, 0.05) is 19.5 Å². The van der Waals surface area contributed by atoms with Crippen molar-refractivity contribution in [2.45, 2.75) is 40.5 Å². The number of hydrogen-bond donors (Lipinski definition) is 3. The molecule has 6 nitrogen and oxygen atoms in total. The van der Waals surface area contributed by atoms with Gasteiger partial charge in [0.15, 0.2) is 0 Å². The maximum absolute atomic E-state index is 11.6. The number of rotatable bonds is 10. The lowest BCUT2D eigenvalue weighted by atomic mass is 9.94. The number of nitrogens with one attached hydrogen (secondary N) is 2. The van der Waals surface area contributed by atoms with E-state index >= 15 is 0 Å². The third-order valence-electron chi connectivity index (χ3n) is 2.51.